The minimum absolute atomic E-state index is 0.0500. The summed E-state index contributed by atoms with van der Waals surface area (Å²) in [5.74, 6) is 0. The summed E-state index contributed by atoms with van der Waals surface area (Å²) in [4.78, 5) is 3.95. The van der Waals surface area contributed by atoms with Crippen molar-refractivity contribution in [1.82, 2.24) is 9.55 Å². The Morgan fingerprint density at radius 2 is 2.46 bits per heavy atom. The maximum atomic E-state index is 8.58. The van der Waals surface area contributed by atoms with Crippen molar-refractivity contribution in [3.05, 3.63) is 18.7 Å². The molecule has 1 N–H and O–H groups in total. The van der Waals surface area contributed by atoms with Crippen LogP contribution in [0.15, 0.2) is 18.7 Å². The molecular formula is C9H16N2O2. The van der Waals surface area contributed by atoms with Gasteiger partial charge in [0.2, 0.25) is 0 Å². The summed E-state index contributed by atoms with van der Waals surface area (Å²) in [5, 5.41) is 8.58. The van der Waals surface area contributed by atoms with Gasteiger partial charge < -0.3 is 14.4 Å². The lowest BCUT2D eigenvalue weighted by Gasteiger charge is -2.16. The monoisotopic (exact) mass is 184 g/mol. The molecule has 0 aromatic carbocycles. The van der Waals surface area contributed by atoms with Gasteiger partial charge in [0.15, 0.2) is 0 Å². The summed E-state index contributed by atoms with van der Waals surface area (Å²) < 4.78 is 7.47. The molecule has 0 aliphatic rings. The maximum absolute atomic E-state index is 8.58. The summed E-state index contributed by atoms with van der Waals surface area (Å²) in [5.41, 5.74) is 0. The predicted molar refractivity (Wildman–Crippen MR) is 49.2 cm³/mol. The number of hydrogen-bond donors (Lipinski definition) is 1. The molecule has 1 heterocycles. The topological polar surface area (TPSA) is 47.3 Å². The number of aliphatic hydroxyl groups excluding tert-OH is 1. The van der Waals surface area contributed by atoms with Crippen LogP contribution in [-0.2, 0) is 4.74 Å². The first-order valence-electron chi connectivity index (χ1n) is 4.58. The predicted octanol–water partition coefficient (Wildman–Crippen LogP) is 1.19. The van der Waals surface area contributed by atoms with Crippen LogP contribution in [0.4, 0.5) is 0 Å². The van der Waals surface area contributed by atoms with Gasteiger partial charge in [0, 0.05) is 19.0 Å². The van der Waals surface area contributed by atoms with Crippen LogP contribution >= 0.6 is 0 Å². The minimum atomic E-state index is 0.0500. The SMILES string of the molecule is CCC(OCCCO)n1ccnc1. The van der Waals surface area contributed by atoms with Gasteiger partial charge in [0.05, 0.1) is 12.9 Å². The lowest BCUT2D eigenvalue weighted by Crippen LogP contribution is -2.11. The highest BCUT2D eigenvalue weighted by Crippen LogP contribution is 2.11. The molecule has 0 bridgehead atoms. The average molecular weight is 184 g/mol. The van der Waals surface area contributed by atoms with Crippen molar-refractivity contribution < 1.29 is 9.84 Å². The Hall–Kier alpha value is -0.870. The van der Waals surface area contributed by atoms with Crippen LogP contribution in [0, 0.1) is 0 Å². The molecule has 1 rings (SSSR count). The van der Waals surface area contributed by atoms with Crippen molar-refractivity contribution in [3.63, 3.8) is 0 Å². The van der Waals surface area contributed by atoms with E-state index in [-0.39, 0.29) is 12.8 Å². The Kier molecular flexibility index (Phi) is 4.49. The van der Waals surface area contributed by atoms with E-state index < -0.39 is 0 Å². The molecule has 1 aromatic heterocycles. The molecule has 0 fully saturated rings. The van der Waals surface area contributed by atoms with Gasteiger partial charge in [-0.05, 0) is 12.8 Å². The first-order valence-corrected chi connectivity index (χ1v) is 4.58. The Labute approximate surface area is 78.2 Å². The molecule has 0 radical (unpaired) electrons. The number of imidazole rings is 1. The lowest BCUT2D eigenvalue weighted by atomic mass is 10.4. The van der Waals surface area contributed by atoms with Crippen LogP contribution in [0.3, 0.4) is 0 Å². The molecule has 1 atom stereocenters. The number of aromatic nitrogens is 2. The van der Waals surface area contributed by atoms with Gasteiger partial charge in [-0.2, -0.15) is 0 Å². The molecule has 0 saturated heterocycles. The highest BCUT2D eigenvalue weighted by Gasteiger charge is 2.06. The zero-order valence-electron chi connectivity index (χ0n) is 7.89. The van der Waals surface area contributed by atoms with Crippen LogP contribution in [0.1, 0.15) is 26.0 Å². The second kappa shape index (κ2) is 5.72. The third-order valence-corrected chi connectivity index (χ3v) is 1.82. The van der Waals surface area contributed by atoms with Gasteiger partial charge >= 0.3 is 0 Å². The molecule has 0 spiro atoms. The summed E-state index contributed by atoms with van der Waals surface area (Å²) in [6.07, 6.45) is 7.00. The van der Waals surface area contributed by atoms with Crippen LogP contribution in [0.2, 0.25) is 0 Å². The average Bonchev–Trinajstić information content (AvgIpc) is 2.65. The van der Waals surface area contributed by atoms with E-state index in [1.807, 2.05) is 10.8 Å². The molecule has 4 nitrogen and oxygen atoms in total. The molecule has 0 aliphatic heterocycles. The highest BCUT2D eigenvalue weighted by molar-refractivity contribution is 4.76. The summed E-state index contributed by atoms with van der Waals surface area (Å²) in [7, 11) is 0. The number of ether oxygens (including phenoxy) is 1. The van der Waals surface area contributed by atoms with E-state index >= 15 is 0 Å². The quantitative estimate of drug-likeness (QED) is 0.675. The van der Waals surface area contributed by atoms with Gasteiger partial charge in [-0.1, -0.05) is 6.92 Å². The van der Waals surface area contributed by atoms with Gasteiger partial charge in [0.25, 0.3) is 0 Å². The van der Waals surface area contributed by atoms with Crippen molar-refractivity contribution in [1.29, 1.82) is 0 Å². The first kappa shape index (κ1) is 10.2. The fourth-order valence-electron chi connectivity index (χ4n) is 1.14. The molecule has 0 amide bonds. The van der Waals surface area contributed by atoms with Crippen molar-refractivity contribution in [2.24, 2.45) is 0 Å². The van der Waals surface area contributed by atoms with Crippen LogP contribution < -0.4 is 0 Å². The highest BCUT2D eigenvalue weighted by atomic mass is 16.5. The third-order valence-electron chi connectivity index (χ3n) is 1.82. The summed E-state index contributed by atoms with van der Waals surface area (Å²) in [6.45, 7) is 2.83. The standard InChI is InChI=1S/C9H16N2O2/c1-2-9(13-7-3-6-12)11-5-4-10-8-11/h4-5,8-9,12H,2-3,6-7H2,1H3. The molecule has 0 aliphatic carbocycles. The van der Waals surface area contributed by atoms with Crippen molar-refractivity contribution in [2.75, 3.05) is 13.2 Å². The molecule has 13 heavy (non-hydrogen) atoms. The molecular weight excluding hydrogens is 168 g/mol. The van der Waals surface area contributed by atoms with Gasteiger partial charge in [-0.15, -0.1) is 0 Å². The fraction of sp³-hybridized carbons (Fsp3) is 0.667. The van der Waals surface area contributed by atoms with E-state index in [1.165, 1.54) is 0 Å². The molecule has 0 saturated carbocycles. The van der Waals surface area contributed by atoms with E-state index in [2.05, 4.69) is 11.9 Å². The Morgan fingerprint density at radius 1 is 1.62 bits per heavy atom. The smallest absolute Gasteiger partial charge is 0.134 e. The van der Waals surface area contributed by atoms with E-state index in [1.54, 1.807) is 12.5 Å². The van der Waals surface area contributed by atoms with Crippen molar-refractivity contribution in [2.45, 2.75) is 26.0 Å². The van der Waals surface area contributed by atoms with Crippen molar-refractivity contribution in [3.8, 4) is 0 Å². The summed E-state index contributed by atoms with van der Waals surface area (Å²) in [6, 6.07) is 0. The summed E-state index contributed by atoms with van der Waals surface area (Å²) >= 11 is 0. The first-order chi connectivity index (χ1) is 6.38. The fourth-order valence-corrected chi connectivity index (χ4v) is 1.14. The van der Waals surface area contributed by atoms with Crippen molar-refractivity contribution >= 4 is 0 Å². The van der Waals surface area contributed by atoms with Crippen LogP contribution in [0.5, 0.6) is 0 Å². The molecule has 74 valence electrons. The van der Waals surface area contributed by atoms with Gasteiger partial charge in [-0.25, -0.2) is 4.98 Å². The Balaban J connectivity index is 2.35. The van der Waals surface area contributed by atoms with E-state index in [4.69, 9.17) is 9.84 Å². The number of hydrogen-bond acceptors (Lipinski definition) is 3. The zero-order valence-corrected chi connectivity index (χ0v) is 7.89. The number of aliphatic hydroxyl groups is 1. The normalized spacial score (nSPS) is 13.1. The van der Waals surface area contributed by atoms with E-state index in [9.17, 15) is 0 Å². The largest absolute Gasteiger partial charge is 0.396 e. The molecule has 1 aromatic rings. The molecule has 1 unspecified atom stereocenters. The van der Waals surface area contributed by atoms with E-state index in [0.717, 1.165) is 6.42 Å². The number of nitrogens with zero attached hydrogens (tertiary/aromatic N) is 2. The number of rotatable bonds is 6. The van der Waals surface area contributed by atoms with Gasteiger partial charge in [-0.3, -0.25) is 0 Å². The Morgan fingerprint density at radius 3 is 3.00 bits per heavy atom. The third kappa shape index (κ3) is 3.16. The zero-order chi connectivity index (χ0) is 9.52. The molecule has 4 heteroatoms. The van der Waals surface area contributed by atoms with E-state index in [0.29, 0.717) is 13.0 Å². The van der Waals surface area contributed by atoms with Crippen LogP contribution in [0.25, 0.3) is 0 Å². The Bertz CT molecular complexity index is 211. The van der Waals surface area contributed by atoms with Crippen LogP contribution in [-0.4, -0.2) is 27.9 Å². The van der Waals surface area contributed by atoms with Gasteiger partial charge in [0.1, 0.15) is 6.23 Å². The lowest BCUT2D eigenvalue weighted by molar-refractivity contribution is -0.00614. The minimum Gasteiger partial charge on any atom is -0.396 e. The second-order valence-electron chi connectivity index (χ2n) is 2.82. The maximum Gasteiger partial charge on any atom is 0.134 e. The second-order valence-corrected chi connectivity index (χ2v) is 2.82.